The van der Waals surface area contributed by atoms with Crippen molar-refractivity contribution in [1.29, 1.82) is 0 Å². The van der Waals surface area contributed by atoms with Crippen LogP contribution in [0.4, 0.5) is 10.7 Å². The molecule has 0 radical (unpaired) electrons. The van der Waals surface area contributed by atoms with Crippen LogP contribution in [0, 0.1) is 6.92 Å². The molecule has 2 amide bonds. The Morgan fingerprint density at radius 1 is 1.09 bits per heavy atom. The van der Waals surface area contributed by atoms with Gasteiger partial charge in [0.15, 0.2) is 0 Å². The fraction of sp³-hybridized carbons (Fsp3) is 0.516. The molecule has 12 nitrogen and oxygen atoms in total. The van der Waals surface area contributed by atoms with Crippen molar-refractivity contribution in [3.05, 3.63) is 46.9 Å². The number of benzene rings is 1. The molecule has 0 spiro atoms. The van der Waals surface area contributed by atoms with Crippen LogP contribution in [-0.2, 0) is 24.9 Å². The third-order valence-corrected chi connectivity index (χ3v) is 7.95. The van der Waals surface area contributed by atoms with Gasteiger partial charge in [0.2, 0.25) is 5.95 Å². The molecule has 43 heavy (non-hydrogen) atoms. The number of amides is 2. The zero-order valence-corrected chi connectivity index (χ0v) is 26.0. The molecule has 2 atom stereocenters. The fourth-order valence-electron chi connectivity index (χ4n) is 5.66. The van der Waals surface area contributed by atoms with Crippen molar-refractivity contribution in [3.8, 4) is 22.8 Å². The summed E-state index contributed by atoms with van der Waals surface area (Å²) in [6.07, 6.45) is 4.96. The van der Waals surface area contributed by atoms with Crippen LogP contribution < -0.4 is 20.1 Å². The van der Waals surface area contributed by atoms with Crippen LogP contribution in [0.15, 0.2) is 24.4 Å². The highest BCUT2D eigenvalue weighted by atomic mass is 16.6. The average molecular weight is 592 g/mol. The number of carbonyl (C=O) groups is 2. The third-order valence-electron chi connectivity index (χ3n) is 7.95. The molecule has 12 heteroatoms. The lowest BCUT2D eigenvalue weighted by molar-refractivity contribution is 0.0488. The maximum absolute atomic E-state index is 13.9. The molecule has 3 heterocycles. The number of anilines is 1. The molecule has 0 saturated heterocycles. The summed E-state index contributed by atoms with van der Waals surface area (Å²) in [5.41, 5.74) is 3.58. The minimum absolute atomic E-state index is 0.0982. The van der Waals surface area contributed by atoms with Crippen LogP contribution in [0.2, 0.25) is 0 Å². The molecule has 2 aliphatic rings. The number of aryl methyl sites for hydroxylation is 1. The topological polar surface area (TPSA) is 133 Å². The molecule has 1 fully saturated rings. The van der Waals surface area contributed by atoms with E-state index in [-0.39, 0.29) is 18.0 Å². The second-order valence-corrected chi connectivity index (χ2v) is 12.1. The summed E-state index contributed by atoms with van der Waals surface area (Å²) in [5.74, 6) is 1.58. The van der Waals surface area contributed by atoms with E-state index in [0.29, 0.717) is 47.5 Å². The summed E-state index contributed by atoms with van der Waals surface area (Å²) in [7, 11) is 5.06. The molecule has 1 aromatic carbocycles. The van der Waals surface area contributed by atoms with Gasteiger partial charge in [-0.1, -0.05) is 12.8 Å². The zero-order valence-electron chi connectivity index (χ0n) is 26.0. The first-order valence-corrected chi connectivity index (χ1v) is 14.6. The Labute approximate surface area is 252 Å². The standard InChI is InChI=1S/C31H41N7O5/c1-18-21(15-32-37(18)5)27-26-24(17-38(28(26)39)16-19-12-13-20(41-6)14-25(19)42-7)34-29(36-27)33-22-10-8-9-11-23(22)35-30(40)43-31(2,3)4/h12-15,22-23H,8-11,16-17H2,1-7H3,(H,35,40)(H,33,34,36)/t22-,23+/m1/s1. The molecule has 3 aromatic rings. The van der Waals surface area contributed by atoms with E-state index in [2.05, 4.69) is 15.7 Å². The van der Waals surface area contributed by atoms with Gasteiger partial charge < -0.3 is 29.7 Å². The van der Waals surface area contributed by atoms with E-state index in [1.807, 2.05) is 46.9 Å². The summed E-state index contributed by atoms with van der Waals surface area (Å²) in [6.45, 7) is 8.14. The Morgan fingerprint density at radius 3 is 2.49 bits per heavy atom. The number of fused-ring (bicyclic) bond motifs is 1. The van der Waals surface area contributed by atoms with Crippen LogP contribution in [0.3, 0.4) is 0 Å². The van der Waals surface area contributed by atoms with Crippen molar-refractivity contribution in [1.82, 2.24) is 30.0 Å². The molecule has 1 aliphatic heterocycles. The number of hydrogen-bond acceptors (Lipinski definition) is 9. The predicted molar refractivity (Wildman–Crippen MR) is 161 cm³/mol. The molecule has 0 bridgehead atoms. The largest absolute Gasteiger partial charge is 0.497 e. The number of nitrogens with one attached hydrogen (secondary N) is 2. The van der Waals surface area contributed by atoms with Gasteiger partial charge in [-0.25, -0.2) is 14.8 Å². The van der Waals surface area contributed by atoms with E-state index < -0.39 is 11.7 Å². The van der Waals surface area contributed by atoms with Crippen molar-refractivity contribution in [2.45, 2.75) is 84.2 Å². The second-order valence-electron chi connectivity index (χ2n) is 12.1. The monoisotopic (exact) mass is 591 g/mol. The van der Waals surface area contributed by atoms with E-state index >= 15 is 0 Å². The molecule has 1 aliphatic carbocycles. The quantitative estimate of drug-likeness (QED) is 0.385. The Morgan fingerprint density at radius 2 is 1.84 bits per heavy atom. The second kappa shape index (κ2) is 12.1. The molecule has 230 valence electrons. The van der Waals surface area contributed by atoms with E-state index in [9.17, 15) is 9.59 Å². The Kier molecular flexibility index (Phi) is 8.48. The van der Waals surface area contributed by atoms with Crippen molar-refractivity contribution in [2.24, 2.45) is 7.05 Å². The van der Waals surface area contributed by atoms with Crippen LogP contribution in [-0.4, -0.2) is 68.6 Å². The van der Waals surface area contributed by atoms with E-state index in [0.717, 1.165) is 42.5 Å². The first kappa shape index (κ1) is 30.1. The minimum atomic E-state index is -0.588. The lowest BCUT2D eigenvalue weighted by atomic mass is 9.90. The van der Waals surface area contributed by atoms with Crippen LogP contribution in [0.1, 0.15) is 73.8 Å². The average Bonchev–Trinajstić information content (AvgIpc) is 3.46. The number of methoxy groups -OCH3 is 2. The predicted octanol–water partition coefficient (Wildman–Crippen LogP) is 4.61. The molecular formula is C31H41N7O5. The fourth-order valence-corrected chi connectivity index (χ4v) is 5.66. The van der Waals surface area contributed by atoms with Crippen molar-refractivity contribution in [2.75, 3.05) is 19.5 Å². The summed E-state index contributed by atoms with van der Waals surface area (Å²) in [5, 5.41) is 10.9. The smallest absolute Gasteiger partial charge is 0.407 e. The number of ether oxygens (including phenoxy) is 3. The van der Waals surface area contributed by atoms with Gasteiger partial charge in [-0.2, -0.15) is 5.10 Å². The number of rotatable bonds is 8. The maximum Gasteiger partial charge on any atom is 0.407 e. The van der Waals surface area contributed by atoms with Crippen molar-refractivity contribution < 1.29 is 23.8 Å². The van der Waals surface area contributed by atoms with Crippen LogP contribution >= 0.6 is 0 Å². The van der Waals surface area contributed by atoms with E-state index in [4.69, 9.17) is 24.2 Å². The first-order chi connectivity index (χ1) is 20.5. The molecule has 0 unspecified atom stereocenters. The summed E-state index contributed by atoms with van der Waals surface area (Å²) in [6, 6.07) is 5.31. The summed E-state index contributed by atoms with van der Waals surface area (Å²) < 4.78 is 18.2. The van der Waals surface area contributed by atoms with Gasteiger partial charge in [0.25, 0.3) is 5.91 Å². The van der Waals surface area contributed by atoms with Gasteiger partial charge in [-0.15, -0.1) is 0 Å². The zero-order chi connectivity index (χ0) is 30.9. The van der Waals surface area contributed by atoms with E-state index in [1.54, 1.807) is 36.1 Å². The summed E-state index contributed by atoms with van der Waals surface area (Å²) in [4.78, 5) is 38.0. The Bertz CT molecular complexity index is 1510. The Balaban J connectivity index is 1.46. The number of alkyl carbamates (subject to hydrolysis) is 1. The number of carbonyl (C=O) groups excluding carboxylic acids is 2. The molecule has 5 rings (SSSR count). The van der Waals surface area contributed by atoms with Gasteiger partial charge in [0.1, 0.15) is 17.1 Å². The highest BCUT2D eigenvalue weighted by Gasteiger charge is 2.36. The Hall–Kier alpha value is -4.35. The third kappa shape index (κ3) is 6.52. The molecular weight excluding hydrogens is 550 g/mol. The van der Waals surface area contributed by atoms with Crippen LogP contribution in [0.5, 0.6) is 11.5 Å². The van der Waals surface area contributed by atoms with Gasteiger partial charge in [0, 0.05) is 36.0 Å². The molecule has 2 aromatic heterocycles. The lowest BCUT2D eigenvalue weighted by Crippen LogP contribution is -2.50. The van der Waals surface area contributed by atoms with Crippen LogP contribution in [0.25, 0.3) is 11.3 Å². The first-order valence-electron chi connectivity index (χ1n) is 14.6. The lowest BCUT2D eigenvalue weighted by Gasteiger charge is -2.33. The van der Waals surface area contributed by atoms with Gasteiger partial charge in [0.05, 0.1) is 56.5 Å². The highest BCUT2D eigenvalue weighted by Crippen LogP contribution is 2.35. The highest BCUT2D eigenvalue weighted by molar-refractivity contribution is 6.03. The van der Waals surface area contributed by atoms with Gasteiger partial charge in [-0.05, 0) is 52.7 Å². The maximum atomic E-state index is 13.9. The van der Waals surface area contributed by atoms with Gasteiger partial charge in [-0.3, -0.25) is 9.48 Å². The number of hydrogen-bond donors (Lipinski definition) is 2. The van der Waals surface area contributed by atoms with Gasteiger partial charge >= 0.3 is 6.09 Å². The van der Waals surface area contributed by atoms with E-state index in [1.165, 1.54) is 0 Å². The minimum Gasteiger partial charge on any atom is -0.497 e. The van der Waals surface area contributed by atoms with Crippen molar-refractivity contribution in [3.63, 3.8) is 0 Å². The number of aromatic nitrogens is 4. The molecule has 2 N–H and O–H groups in total. The van der Waals surface area contributed by atoms with Crippen molar-refractivity contribution >= 4 is 17.9 Å². The SMILES string of the molecule is COc1ccc(CN2Cc3nc(N[C@@H]4CCCC[C@@H]4NC(=O)OC(C)(C)C)nc(-c4cnn(C)c4C)c3C2=O)c(OC)c1. The normalized spacial score (nSPS) is 18.3. The number of nitrogens with zero attached hydrogens (tertiary/aromatic N) is 5. The summed E-state index contributed by atoms with van der Waals surface area (Å²) >= 11 is 0. The molecule has 1 saturated carbocycles.